The molecule has 0 aliphatic rings. The van der Waals surface area contributed by atoms with Gasteiger partial charge >= 0.3 is 0 Å². The van der Waals surface area contributed by atoms with Crippen molar-refractivity contribution >= 4 is 16.3 Å². The summed E-state index contributed by atoms with van der Waals surface area (Å²) in [5, 5.41) is 5.01. The number of nitrogens with zero attached hydrogens (tertiary/aromatic N) is 4. The molecule has 3 rings (SSSR count). The maximum atomic E-state index is 12.1. The van der Waals surface area contributed by atoms with Crippen LogP contribution in [0.3, 0.4) is 0 Å². The number of hydrogen-bond acceptors (Lipinski definition) is 5. The van der Waals surface area contributed by atoms with Crippen LogP contribution in [0, 0.1) is 6.92 Å². The topological polar surface area (TPSA) is 50.5 Å². The van der Waals surface area contributed by atoms with Crippen molar-refractivity contribution in [3.63, 3.8) is 0 Å². The maximum absolute atomic E-state index is 12.1. The lowest BCUT2D eigenvalue weighted by Gasteiger charge is -2.16. The summed E-state index contributed by atoms with van der Waals surface area (Å²) in [7, 11) is 2.04. The molecule has 0 N–H and O–H groups in total. The molecule has 120 valence electrons. The molecule has 1 aromatic carbocycles. The number of aryl methyl sites for hydroxylation is 2. The minimum absolute atomic E-state index is 0.116. The molecule has 5 nitrogen and oxygen atoms in total. The molecule has 0 saturated heterocycles. The molecule has 0 aliphatic carbocycles. The predicted octanol–water partition coefficient (Wildman–Crippen LogP) is 2.65. The van der Waals surface area contributed by atoms with Crippen LogP contribution in [0.25, 0.3) is 4.96 Å². The number of aromatic nitrogens is 3. The monoisotopic (exact) mass is 328 g/mol. The summed E-state index contributed by atoms with van der Waals surface area (Å²) in [6, 6.07) is 10.2. The lowest BCUT2D eigenvalue weighted by molar-refractivity contribution is 0.315. The standard InChI is InChI=1S/C17H20N4OS/c1-4-13-5-7-14(8-6-13)10-20(3)11-15-9-16(22)21-17(18-15)23-12(2)19-21/h5-9H,4,10-11H2,1-3H3. The van der Waals surface area contributed by atoms with Crippen molar-refractivity contribution in [1.29, 1.82) is 0 Å². The summed E-state index contributed by atoms with van der Waals surface area (Å²) < 4.78 is 1.37. The van der Waals surface area contributed by atoms with Crippen molar-refractivity contribution in [3.8, 4) is 0 Å². The van der Waals surface area contributed by atoms with Crippen LogP contribution in [0.1, 0.15) is 28.8 Å². The van der Waals surface area contributed by atoms with Crippen molar-refractivity contribution in [3.05, 3.63) is 62.5 Å². The normalized spacial score (nSPS) is 11.5. The third-order valence-corrected chi connectivity index (χ3v) is 4.54. The zero-order valence-electron chi connectivity index (χ0n) is 13.6. The molecule has 0 atom stereocenters. The Kier molecular flexibility index (Phi) is 4.54. The molecule has 0 unspecified atom stereocenters. The van der Waals surface area contributed by atoms with Gasteiger partial charge in [0.2, 0.25) is 4.96 Å². The van der Waals surface area contributed by atoms with Crippen molar-refractivity contribution in [1.82, 2.24) is 19.5 Å². The van der Waals surface area contributed by atoms with Gasteiger partial charge in [-0.3, -0.25) is 9.69 Å². The third kappa shape index (κ3) is 3.65. The molecule has 0 spiro atoms. The van der Waals surface area contributed by atoms with Crippen LogP contribution in [0.2, 0.25) is 0 Å². The Bertz CT molecular complexity index is 866. The lowest BCUT2D eigenvalue weighted by atomic mass is 10.1. The highest BCUT2D eigenvalue weighted by molar-refractivity contribution is 7.16. The van der Waals surface area contributed by atoms with E-state index in [4.69, 9.17) is 0 Å². The minimum Gasteiger partial charge on any atom is -0.296 e. The van der Waals surface area contributed by atoms with Gasteiger partial charge in [0, 0.05) is 19.2 Å². The van der Waals surface area contributed by atoms with Crippen molar-refractivity contribution in [2.75, 3.05) is 7.05 Å². The molecule has 2 aromatic heterocycles. The summed E-state index contributed by atoms with van der Waals surface area (Å²) in [6.45, 7) is 5.50. The van der Waals surface area contributed by atoms with Gasteiger partial charge in [0.1, 0.15) is 5.01 Å². The van der Waals surface area contributed by atoms with E-state index in [2.05, 4.69) is 46.2 Å². The van der Waals surface area contributed by atoms with Gasteiger partial charge in [-0.15, -0.1) is 0 Å². The second-order valence-electron chi connectivity index (χ2n) is 5.74. The summed E-state index contributed by atoms with van der Waals surface area (Å²) in [5.41, 5.74) is 3.27. The first-order chi connectivity index (χ1) is 11.0. The van der Waals surface area contributed by atoms with Crippen LogP contribution in [0.4, 0.5) is 0 Å². The van der Waals surface area contributed by atoms with Crippen molar-refractivity contribution in [2.24, 2.45) is 0 Å². The van der Waals surface area contributed by atoms with Crippen LogP contribution in [0.15, 0.2) is 35.1 Å². The zero-order valence-corrected chi connectivity index (χ0v) is 14.4. The van der Waals surface area contributed by atoms with Crippen LogP contribution >= 0.6 is 11.3 Å². The van der Waals surface area contributed by atoms with E-state index < -0.39 is 0 Å². The van der Waals surface area contributed by atoms with Gasteiger partial charge in [0.05, 0.1) is 5.69 Å². The number of benzene rings is 1. The average Bonchev–Trinajstić information content (AvgIpc) is 2.89. The fraction of sp³-hybridized carbons (Fsp3) is 0.353. The molecule has 6 heteroatoms. The van der Waals surface area contributed by atoms with E-state index in [0.717, 1.165) is 23.7 Å². The largest absolute Gasteiger partial charge is 0.296 e. The van der Waals surface area contributed by atoms with Gasteiger partial charge < -0.3 is 0 Å². The van der Waals surface area contributed by atoms with Crippen molar-refractivity contribution in [2.45, 2.75) is 33.4 Å². The van der Waals surface area contributed by atoms with Gasteiger partial charge in [0.15, 0.2) is 0 Å². The molecular weight excluding hydrogens is 308 g/mol. The number of hydrogen-bond donors (Lipinski definition) is 0. The summed E-state index contributed by atoms with van der Waals surface area (Å²) in [4.78, 5) is 19.4. The number of rotatable bonds is 5. The molecule has 0 radical (unpaired) electrons. The van der Waals surface area contributed by atoms with E-state index >= 15 is 0 Å². The van der Waals surface area contributed by atoms with Crippen LogP contribution in [0.5, 0.6) is 0 Å². The molecule has 0 fully saturated rings. The van der Waals surface area contributed by atoms with Gasteiger partial charge in [-0.2, -0.15) is 9.61 Å². The Labute approximate surface area is 139 Å². The average molecular weight is 328 g/mol. The molecule has 0 aliphatic heterocycles. The summed E-state index contributed by atoms with van der Waals surface area (Å²) in [6.07, 6.45) is 1.05. The van der Waals surface area contributed by atoms with Crippen LogP contribution < -0.4 is 5.56 Å². The number of fused-ring (bicyclic) bond motifs is 1. The highest BCUT2D eigenvalue weighted by Gasteiger charge is 2.09. The molecule has 23 heavy (non-hydrogen) atoms. The molecule has 0 amide bonds. The highest BCUT2D eigenvalue weighted by atomic mass is 32.1. The second-order valence-corrected chi connectivity index (χ2v) is 6.90. The Morgan fingerprint density at radius 1 is 1.17 bits per heavy atom. The van der Waals surface area contributed by atoms with Crippen LogP contribution in [-0.4, -0.2) is 26.5 Å². The Morgan fingerprint density at radius 3 is 2.57 bits per heavy atom. The predicted molar refractivity (Wildman–Crippen MR) is 92.9 cm³/mol. The van der Waals surface area contributed by atoms with Crippen LogP contribution in [-0.2, 0) is 19.5 Å². The fourth-order valence-electron chi connectivity index (χ4n) is 2.56. The first-order valence-corrected chi connectivity index (χ1v) is 8.49. The Balaban J connectivity index is 1.74. The lowest BCUT2D eigenvalue weighted by Crippen LogP contribution is -2.21. The van der Waals surface area contributed by atoms with E-state index in [1.165, 1.54) is 27.0 Å². The van der Waals surface area contributed by atoms with Gasteiger partial charge in [-0.1, -0.05) is 42.5 Å². The SMILES string of the molecule is CCc1ccc(CN(C)Cc2cc(=O)n3nc(C)sc3n2)cc1. The third-order valence-electron chi connectivity index (χ3n) is 3.71. The van der Waals surface area contributed by atoms with Gasteiger partial charge in [0.25, 0.3) is 5.56 Å². The fourth-order valence-corrected chi connectivity index (χ4v) is 3.32. The van der Waals surface area contributed by atoms with E-state index in [1.54, 1.807) is 6.07 Å². The first kappa shape index (κ1) is 15.8. The molecule has 0 bridgehead atoms. The van der Waals surface area contributed by atoms with E-state index in [1.807, 2.05) is 14.0 Å². The minimum atomic E-state index is -0.116. The van der Waals surface area contributed by atoms with Gasteiger partial charge in [-0.05, 0) is 31.5 Å². The maximum Gasteiger partial charge on any atom is 0.275 e. The molecule has 0 saturated carbocycles. The van der Waals surface area contributed by atoms with Gasteiger partial charge in [-0.25, -0.2) is 4.98 Å². The molecule has 2 heterocycles. The summed E-state index contributed by atoms with van der Waals surface area (Å²) >= 11 is 1.44. The van der Waals surface area contributed by atoms with Crippen molar-refractivity contribution < 1.29 is 0 Å². The summed E-state index contributed by atoms with van der Waals surface area (Å²) in [5.74, 6) is 0. The Hall–Kier alpha value is -2.05. The van der Waals surface area contributed by atoms with E-state index in [0.29, 0.717) is 11.5 Å². The smallest absolute Gasteiger partial charge is 0.275 e. The highest BCUT2D eigenvalue weighted by Crippen LogP contribution is 2.12. The quantitative estimate of drug-likeness (QED) is 0.722. The Morgan fingerprint density at radius 2 is 1.87 bits per heavy atom. The molecular formula is C17H20N4OS. The molecule has 3 aromatic rings. The second kappa shape index (κ2) is 6.60. The zero-order chi connectivity index (χ0) is 16.4. The van der Waals surface area contributed by atoms with E-state index in [9.17, 15) is 4.79 Å². The van der Waals surface area contributed by atoms with E-state index in [-0.39, 0.29) is 5.56 Å². The first-order valence-electron chi connectivity index (χ1n) is 7.68.